The first-order valence-corrected chi connectivity index (χ1v) is 5.84. The monoisotopic (exact) mass is 166 g/mol. The van der Waals surface area contributed by atoms with E-state index in [4.69, 9.17) is 0 Å². The zero-order chi connectivity index (χ0) is 8.39. The normalized spacial score (nSPS) is 43.2. The van der Waals surface area contributed by atoms with E-state index in [1.165, 1.54) is 32.1 Å². The highest BCUT2D eigenvalue weighted by atomic mass is 14.3. The molecule has 0 aromatic carbocycles. The molecule has 0 N–H and O–H groups in total. The summed E-state index contributed by atoms with van der Waals surface area (Å²) in [5.41, 5.74) is 0. The summed E-state index contributed by atoms with van der Waals surface area (Å²) in [6.45, 7) is 2.44. The molecule has 1 unspecified atom stereocenters. The van der Waals surface area contributed by atoms with Gasteiger partial charge in [0.05, 0.1) is 0 Å². The van der Waals surface area contributed by atoms with Crippen LogP contribution in [-0.2, 0) is 0 Å². The third kappa shape index (κ3) is 2.02. The Morgan fingerprint density at radius 3 is 2.25 bits per heavy atom. The third-order valence-electron chi connectivity index (χ3n) is 3.96. The fourth-order valence-corrected chi connectivity index (χ4v) is 2.94. The van der Waals surface area contributed by atoms with E-state index in [0.717, 1.165) is 17.8 Å². The average Bonchev–Trinajstić information content (AvgIpc) is 2.00. The molecule has 0 spiro atoms. The maximum Gasteiger partial charge on any atom is -0.0409 e. The SMILES string of the molecule is CC1CCCCC2CC(CC1)C2. The predicted octanol–water partition coefficient (Wildman–Crippen LogP) is 4.00. The molecule has 0 heteroatoms. The van der Waals surface area contributed by atoms with Crippen LogP contribution in [0.15, 0.2) is 0 Å². The summed E-state index contributed by atoms with van der Waals surface area (Å²) in [5, 5.41) is 0. The largest absolute Gasteiger partial charge is 0.0625 e. The molecule has 0 aliphatic heterocycles. The van der Waals surface area contributed by atoms with Gasteiger partial charge in [-0.15, -0.1) is 0 Å². The summed E-state index contributed by atoms with van der Waals surface area (Å²) in [5.74, 6) is 3.29. The molecular formula is C12H22. The fraction of sp³-hybridized carbons (Fsp3) is 1.00. The lowest BCUT2D eigenvalue weighted by Gasteiger charge is -2.37. The van der Waals surface area contributed by atoms with Crippen LogP contribution in [0.5, 0.6) is 0 Å². The van der Waals surface area contributed by atoms with Crippen molar-refractivity contribution >= 4 is 0 Å². The van der Waals surface area contributed by atoms with Gasteiger partial charge in [-0.1, -0.05) is 45.4 Å². The Labute approximate surface area is 76.7 Å². The molecule has 0 nitrogen and oxygen atoms in total. The second-order valence-corrected chi connectivity index (χ2v) is 5.17. The highest BCUT2D eigenvalue weighted by molar-refractivity contribution is 4.80. The molecule has 0 aromatic heterocycles. The van der Waals surface area contributed by atoms with Crippen LogP contribution < -0.4 is 0 Å². The third-order valence-corrected chi connectivity index (χ3v) is 3.96. The Morgan fingerprint density at radius 2 is 1.42 bits per heavy atom. The Balaban J connectivity index is 1.79. The van der Waals surface area contributed by atoms with Gasteiger partial charge < -0.3 is 0 Å². The van der Waals surface area contributed by atoms with E-state index >= 15 is 0 Å². The summed E-state index contributed by atoms with van der Waals surface area (Å²) in [6, 6.07) is 0. The van der Waals surface area contributed by atoms with Crippen LogP contribution >= 0.6 is 0 Å². The minimum absolute atomic E-state index is 1.02. The van der Waals surface area contributed by atoms with Gasteiger partial charge in [0, 0.05) is 0 Å². The van der Waals surface area contributed by atoms with Crippen LogP contribution in [0.25, 0.3) is 0 Å². The van der Waals surface area contributed by atoms with Gasteiger partial charge in [0.15, 0.2) is 0 Å². The van der Waals surface area contributed by atoms with Gasteiger partial charge >= 0.3 is 0 Å². The van der Waals surface area contributed by atoms with Crippen molar-refractivity contribution in [1.82, 2.24) is 0 Å². The lowest BCUT2D eigenvalue weighted by molar-refractivity contribution is 0.149. The molecule has 3 fully saturated rings. The van der Waals surface area contributed by atoms with Gasteiger partial charge in [-0.2, -0.15) is 0 Å². The molecule has 12 heavy (non-hydrogen) atoms. The minimum Gasteiger partial charge on any atom is -0.0625 e. The fourth-order valence-electron chi connectivity index (χ4n) is 2.94. The molecule has 3 rings (SSSR count). The van der Waals surface area contributed by atoms with Crippen LogP contribution in [0.3, 0.4) is 0 Å². The molecule has 0 saturated heterocycles. The predicted molar refractivity (Wildman–Crippen MR) is 53.1 cm³/mol. The molecule has 70 valence electrons. The van der Waals surface area contributed by atoms with Crippen molar-refractivity contribution < 1.29 is 0 Å². The number of hydrogen-bond donors (Lipinski definition) is 0. The Morgan fingerprint density at radius 1 is 0.750 bits per heavy atom. The van der Waals surface area contributed by atoms with Crippen LogP contribution in [0.2, 0.25) is 0 Å². The maximum absolute atomic E-state index is 2.44. The zero-order valence-electron chi connectivity index (χ0n) is 8.39. The van der Waals surface area contributed by atoms with E-state index in [9.17, 15) is 0 Å². The quantitative estimate of drug-likeness (QED) is 0.510. The van der Waals surface area contributed by atoms with Gasteiger partial charge in [-0.3, -0.25) is 0 Å². The average molecular weight is 166 g/mol. The number of rotatable bonds is 0. The second-order valence-electron chi connectivity index (χ2n) is 5.17. The van der Waals surface area contributed by atoms with Gasteiger partial charge in [0.2, 0.25) is 0 Å². The van der Waals surface area contributed by atoms with Crippen molar-refractivity contribution in [2.45, 2.75) is 58.3 Å². The van der Waals surface area contributed by atoms with E-state index in [-0.39, 0.29) is 0 Å². The summed E-state index contributed by atoms with van der Waals surface area (Å²) in [4.78, 5) is 0. The number of hydrogen-bond acceptors (Lipinski definition) is 0. The van der Waals surface area contributed by atoms with Crippen LogP contribution in [0.1, 0.15) is 58.3 Å². The van der Waals surface area contributed by atoms with Crippen molar-refractivity contribution in [2.75, 3.05) is 0 Å². The second kappa shape index (κ2) is 3.81. The first-order chi connectivity index (χ1) is 5.84. The van der Waals surface area contributed by atoms with Crippen molar-refractivity contribution in [2.24, 2.45) is 17.8 Å². The molecule has 3 aliphatic carbocycles. The van der Waals surface area contributed by atoms with Crippen molar-refractivity contribution in [3.05, 3.63) is 0 Å². The molecule has 1 atom stereocenters. The molecule has 0 aromatic rings. The minimum atomic E-state index is 1.02. The first kappa shape index (κ1) is 8.59. The molecule has 0 amide bonds. The highest BCUT2D eigenvalue weighted by Gasteiger charge is 2.28. The van der Waals surface area contributed by atoms with Crippen molar-refractivity contribution in [3.8, 4) is 0 Å². The lowest BCUT2D eigenvalue weighted by Crippen LogP contribution is -2.24. The van der Waals surface area contributed by atoms with Gasteiger partial charge in [0.25, 0.3) is 0 Å². The standard InChI is InChI=1S/C12H22/c1-10-4-2-3-5-11-8-12(9-11)7-6-10/h10-12H,2-9H2,1H3. The topological polar surface area (TPSA) is 0 Å². The summed E-state index contributed by atoms with van der Waals surface area (Å²) in [7, 11) is 0. The lowest BCUT2D eigenvalue weighted by atomic mass is 9.69. The van der Waals surface area contributed by atoms with E-state index in [1.54, 1.807) is 19.3 Å². The van der Waals surface area contributed by atoms with Crippen LogP contribution in [-0.4, -0.2) is 0 Å². The molecule has 3 saturated carbocycles. The molecule has 2 bridgehead atoms. The summed E-state index contributed by atoms with van der Waals surface area (Å²) >= 11 is 0. The maximum atomic E-state index is 2.44. The Bertz CT molecular complexity index is 123. The summed E-state index contributed by atoms with van der Waals surface area (Å²) in [6.07, 6.45) is 12.3. The molecular weight excluding hydrogens is 144 g/mol. The van der Waals surface area contributed by atoms with E-state index < -0.39 is 0 Å². The zero-order valence-corrected chi connectivity index (χ0v) is 8.39. The highest BCUT2D eigenvalue weighted by Crippen LogP contribution is 2.41. The Kier molecular flexibility index (Phi) is 2.73. The van der Waals surface area contributed by atoms with Crippen LogP contribution in [0.4, 0.5) is 0 Å². The van der Waals surface area contributed by atoms with E-state index in [2.05, 4.69) is 6.92 Å². The van der Waals surface area contributed by atoms with Gasteiger partial charge in [-0.05, 0) is 30.6 Å². The van der Waals surface area contributed by atoms with E-state index in [1.807, 2.05) is 0 Å². The molecule has 3 aliphatic rings. The van der Waals surface area contributed by atoms with Gasteiger partial charge in [-0.25, -0.2) is 0 Å². The smallest absolute Gasteiger partial charge is 0.0409 e. The van der Waals surface area contributed by atoms with E-state index in [0.29, 0.717) is 0 Å². The number of fused-ring (bicyclic) bond motifs is 6. The van der Waals surface area contributed by atoms with Crippen molar-refractivity contribution in [1.29, 1.82) is 0 Å². The summed E-state index contributed by atoms with van der Waals surface area (Å²) < 4.78 is 0. The first-order valence-electron chi connectivity index (χ1n) is 5.84. The molecule has 0 radical (unpaired) electrons. The van der Waals surface area contributed by atoms with Crippen molar-refractivity contribution in [3.63, 3.8) is 0 Å². The Hall–Kier alpha value is 0. The van der Waals surface area contributed by atoms with Gasteiger partial charge in [0.1, 0.15) is 0 Å². The van der Waals surface area contributed by atoms with Crippen LogP contribution in [0, 0.1) is 17.8 Å². The molecule has 0 heterocycles.